The number of pyridine rings is 1. The maximum Gasteiger partial charge on any atom is 0.341 e. The Morgan fingerprint density at radius 3 is 3.00 bits per heavy atom. The molecule has 0 aliphatic rings. The van der Waals surface area contributed by atoms with Crippen molar-refractivity contribution in [1.82, 2.24) is 10.3 Å². The molecule has 1 unspecified atom stereocenters. The van der Waals surface area contributed by atoms with Crippen molar-refractivity contribution in [1.29, 1.82) is 0 Å². The zero-order valence-electron chi connectivity index (χ0n) is 10.8. The minimum Gasteiger partial charge on any atom is -0.477 e. The van der Waals surface area contributed by atoms with Gasteiger partial charge in [0.2, 0.25) is 5.88 Å². The molecule has 0 amide bonds. The summed E-state index contributed by atoms with van der Waals surface area (Å²) in [5.41, 5.74) is 0.103. The van der Waals surface area contributed by atoms with Crippen LogP contribution in [0, 0.1) is 0 Å². The van der Waals surface area contributed by atoms with Gasteiger partial charge in [-0.1, -0.05) is 6.92 Å². The summed E-state index contributed by atoms with van der Waals surface area (Å²) in [6.45, 7) is 5.86. The fourth-order valence-electron chi connectivity index (χ4n) is 1.50. The van der Waals surface area contributed by atoms with Crippen LogP contribution in [0.1, 0.15) is 37.0 Å². The largest absolute Gasteiger partial charge is 0.477 e. The van der Waals surface area contributed by atoms with E-state index < -0.39 is 5.97 Å². The Labute approximate surface area is 107 Å². The lowest BCUT2D eigenvalue weighted by Gasteiger charge is -2.15. The maximum atomic E-state index is 11.0. The molecule has 5 heteroatoms. The SMILES string of the molecule is CCCNCCC(C)Oc1ncccc1C(=O)O. The molecule has 0 saturated carbocycles. The van der Waals surface area contributed by atoms with Gasteiger partial charge in [-0.05, 0) is 45.0 Å². The van der Waals surface area contributed by atoms with Gasteiger partial charge in [0.05, 0.1) is 6.10 Å². The predicted octanol–water partition coefficient (Wildman–Crippen LogP) is 1.94. The van der Waals surface area contributed by atoms with Crippen LogP contribution in [-0.2, 0) is 0 Å². The van der Waals surface area contributed by atoms with Crippen LogP contribution in [-0.4, -0.2) is 35.3 Å². The Bertz CT molecular complexity index is 382. The molecule has 1 heterocycles. The first-order chi connectivity index (χ1) is 8.65. The van der Waals surface area contributed by atoms with Gasteiger partial charge in [-0.25, -0.2) is 9.78 Å². The lowest BCUT2D eigenvalue weighted by atomic mass is 10.2. The van der Waals surface area contributed by atoms with Crippen LogP contribution < -0.4 is 10.1 Å². The summed E-state index contributed by atoms with van der Waals surface area (Å²) < 4.78 is 5.56. The number of hydrogen-bond donors (Lipinski definition) is 2. The van der Waals surface area contributed by atoms with Crippen LogP contribution >= 0.6 is 0 Å². The second-order valence-electron chi connectivity index (χ2n) is 4.13. The van der Waals surface area contributed by atoms with Crippen LogP contribution in [0.4, 0.5) is 0 Å². The Balaban J connectivity index is 2.48. The molecule has 18 heavy (non-hydrogen) atoms. The van der Waals surface area contributed by atoms with Crippen molar-refractivity contribution in [3.63, 3.8) is 0 Å². The van der Waals surface area contributed by atoms with E-state index in [1.54, 1.807) is 6.07 Å². The van der Waals surface area contributed by atoms with Crippen LogP contribution in [0.15, 0.2) is 18.3 Å². The highest BCUT2D eigenvalue weighted by atomic mass is 16.5. The molecular weight excluding hydrogens is 232 g/mol. The fraction of sp³-hybridized carbons (Fsp3) is 0.538. The summed E-state index contributed by atoms with van der Waals surface area (Å²) in [6, 6.07) is 3.08. The van der Waals surface area contributed by atoms with E-state index in [2.05, 4.69) is 17.2 Å². The van der Waals surface area contributed by atoms with Gasteiger partial charge in [0, 0.05) is 6.20 Å². The molecule has 1 atom stereocenters. The van der Waals surface area contributed by atoms with Crippen molar-refractivity contribution in [2.75, 3.05) is 13.1 Å². The van der Waals surface area contributed by atoms with E-state index in [1.165, 1.54) is 12.3 Å². The first-order valence-corrected chi connectivity index (χ1v) is 6.20. The van der Waals surface area contributed by atoms with E-state index >= 15 is 0 Å². The Kier molecular flexibility index (Phi) is 6.14. The number of carboxylic acids is 1. The Morgan fingerprint density at radius 1 is 1.56 bits per heavy atom. The third kappa shape index (κ3) is 4.71. The standard InChI is InChI=1S/C13H20N2O3/c1-3-7-14-9-6-10(2)18-12-11(13(16)17)5-4-8-15-12/h4-5,8,10,14H,3,6-7,9H2,1-2H3,(H,16,17). The fourth-order valence-corrected chi connectivity index (χ4v) is 1.50. The number of carboxylic acid groups (broad SMARTS) is 1. The summed E-state index contributed by atoms with van der Waals surface area (Å²) in [5, 5.41) is 12.3. The highest BCUT2D eigenvalue weighted by Gasteiger charge is 2.14. The molecule has 100 valence electrons. The van der Waals surface area contributed by atoms with Gasteiger partial charge in [0.1, 0.15) is 5.56 Å². The van der Waals surface area contributed by atoms with Gasteiger partial charge in [-0.15, -0.1) is 0 Å². The quantitative estimate of drug-likeness (QED) is 0.692. The number of ether oxygens (including phenoxy) is 1. The lowest BCUT2D eigenvalue weighted by molar-refractivity contribution is 0.0688. The number of aromatic nitrogens is 1. The van der Waals surface area contributed by atoms with Crippen LogP contribution in [0.2, 0.25) is 0 Å². The molecule has 0 aliphatic heterocycles. The van der Waals surface area contributed by atoms with Gasteiger partial charge < -0.3 is 15.2 Å². The minimum atomic E-state index is -1.02. The smallest absolute Gasteiger partial charge is 0.341 e. The van der Waals surface area contributed by atoms with Crippen molar-refractivity contribution in [2.45, 2.75) is 32.8 Å². The average molecular weight is 252 g/mol. The molecule has 0 saturated heterocycles. The van der Waals surface area contributed by atoms with E-state index in [1.807, 2.05) is 6.92 Å². The van der Waals surface area contributed by atoms with Crippen molar-refractivity contribution >= 4 is 5.97 Å². The average Bonchev–Trinajstić information content (AvgIpc) is 2.35. The number of nitrogens with zero attached hydrogens (tertiary/aromatic N) is 1. The van der Waals surface area contributed by atoms with Crippen LogP contribution in [0.25, 0.3) is 0 Å². The van der Waals surface area contributed by atoms with Gasteiger partial charge in [-0.2, -0.15) is 0 Å². The molecule has 0 radical (unpaired) electrons. The molecule has 1 rings (SSSR count). The first-order valence-electron chi connectivity index (χ1n) is 6.20. The monoisotopic (exact) mass is 252 g/mol. The van der Waals surface area contributed by atoms with Crippen molar-refractivity contribution in [3.05, 3.63) is 23.9 Å². The predicted molar refractivity (Wildman–Crippen MR) is 69.1 cm³/mol. The second kappa shape index (κ2) is 7.66. The number of aromatic carboxylic acids is 1. The molecule has 0 aromatic carbocycles. The van der Waals surface area contributed by atoms with E-state index in [-0.39, 0.29) is 17.5 Å². The lowest BCUT2D eigenvalue weighted by Crippen LogP contribution is -2.23. The van der Waals surface area contributed by atoms with Crippen LogP contribution in [0.5, 0.6) is 5.88 Å². The van der Waals surface area contributed by atoms with E-state index in [4.69, 9.17) is 9.84 Å². The highest BCUT2D eigenvalue weighted by Crippen LogP contribution is 2.16. The van der Waals surface area contributed by atoms with Crippen molar-refractivity contribution < 1.29 is 14.6 Å². The first kappa shape index (κ1) is 14.4. The van der Waals surface area contributed by atoms with E-state index in [0.717, 1.165) is 25.9 Å². The molecule has 0 spiro atoms. The zero-order valence-corrected chi connectivity index (χ0v) is 10.8. The zero-order chi connectivity index (χ0) is 13.4. The molecule has 1 aromatic heterocycles. The molecule has 0 fully saturated rings. The van der Waals surface area contributed by atoms with Gasteiger partial charge >= 0.3 is 5.97 Å². The van der Waals surface area contributed by atoms with Crippen molar-refractivity contribution in [2.24, 2.45) is 0 Å². The summed E-state index contributed by atoms with van der Waals surface area (Å²) >= 11 is 0. The van der Waals surface area contributed by atoms with Crippen molar-refractivity contribution in [3.8, 4) is 5.88 Å². The molecular formula is C13H20N2O3. The van der Waals surface area contributed by atoms with Gasteiger partial charge in [0.25, 0.3) is 0 Å². The Hall–Kier alpha value is -1.62. The van der Waals surface area contributed by atoms with Gasteiger partial charge in [0.15, 0.2) is 0 Å². The molecule has 1 aromatic rings. The van der Waals surface area contributed by atoms with E-state index in [9.17, 15) is 4.79 Å². The molecule has 0 aliphatic carbocycles. The molecule has 2 N–H and O–H groups in total. The number of carbonyl (C=O) groups is 1. The summed E-state index contributed by atoms with van der Waals surface area (Å²) in [4.78, 5) is 14.9. The van der Waals surface area contributed by atoms with Gasteiger partial charge in [-0.3, -0.25) is 0 Å². The normalized spacial score (nSPS) is 12.1. The van der Waals surface area contributed by atoms with E-state index in [0.29, 0.717) is 0 Å². The molecule has 5 nitrogen and oxygen atoms in total. The number of nitrogens with one attached hydrogen (secondary N) is 1. The molecule has 0 bridgehead atoms. The highest BCUT2D eigenvalue weighted by molar-refractivity contribution is 5.90. The number of rotatable bonds is 8. The topological polar surface area (TPSA) is 71.5 Å². The summed E-state index contributed by atoms with van der Waals surface area (Å²) in [6.07, 6.45) is 3.38. The number of hydrogen-bond acceptors (Lipinski definition) is 4. The second-order valence-corrected chi connectivity index (χ2v) is 4.13. The minimum absolute atomic E-state index is 0.0673. The third-order valence-electron chi connectivity index (χ3n) is 2.47. The summed E-state index contributed by atoms with van der Waals surface area (Å²) in [5.74, 6) is -0.831. The Morgan fingerprint density at radius 2 is 2.33 bits per heavy atom. The maximum absolute atomic E-state index is 11.0. The van der Waals surface area contributed by atoms with Crippen LogP contribution in [0.3, 0.4) is 0 Å². The third-order valence-corrected chi connectivity index (χ3v) is 2.47. The summed E-state index contributed by atoms with van der Waals surface area (Å²) in [7, 11) is 0.